The highest BCUT2D eigenvalue weighted by molar-refractivity contribution is 5.99. The first-order chi connectivity index (χ1) is 12.1. The SMILES string of the molecule is CC(CCC(=O)NC=O)N1Cc2cc(N3CCNCC3)ccc2C1=O. The fourth-order valence-corrected chi connectivity index (χ4v) is 3.44. The van der Waals surface area contributed by atoms with E-state index in [4.69, 9.17) is 0 Å². The lowest BCUT2D eigenvalue weighted by Gasteiger charge is -2.29. The van der Waals surface area contributed by atoms with Crippen molar-refractivity contribution in [3.8, 4) is 0 Å². The molecule has 2 N–H and O–H groups in total. The van der Waals surface area contributed by atoms with Crippen molar-refractivity contribution in [2.75, 3.05) is 31.1 Å². The van der Waals surface area contributed by atoms with Crippen molar-refractivity contribution in [1.82, 2.24) is 15.5 Å². The first kappa shape index (κ1) is 17.4. The van der Waals surface area contributed by atoms with Gasteiger partial charge in [-0.25, -0.2) is 0 Å². The van der Waals surface area contributed by atoms with Crippen LogP contribution in [-0.2, 0) is 16.1 Å². The first-order valence-electron chi connectivity index (χ1n) is 8.72. The van der Waals surface area contributed by atoms with E-state index in [9.17, 15) is 14.4 Å². The van der Waals surface area contributed by atoms with Gasteiger partial charge in [-0.3, -0.25) is 19.7 Å². The van der Waals surface area contributed by atoms with E-state index >= 15 is 0 Å². The molecule has 0 radical (unpaired) electrons. The molecule has 0 aliphatic carbocycles. The van der Waals surface area contributed by atoms with Crippen LogP contribution in [0.5, 0.6) is 0 Å². The minimum atomic E-state index is -0.313. The number of rotatable bonds is 6. The summed E-state index contributed by atoms with van der Waals surface area (Å²) in [6, 6.07) is 6.00. The molecule has 2 aliphatic rings. The van der Waals surface area contributed by atoms with Crippen LogP contribution < -0.4 is 15.5 Å². The van der Waals surface area contributed by atoms with Gasteiger partial charge in [0.1, 0.15) is 0 Å². The summed E-state index contributed by atoms with van der Waals surface area (Å²) in [4.78, 5) is 38.5. The Kier molecular flexibility index (Phi) is 5.33. The number of hydrogen-bond donors (Lipinski definition) is 2. The summed E-state index contributed by atoms with van der Waals surface area (Å²) < 4.78 is 0. The lowest BCUT2D eigenvalue weighted by Crippen LogP contribution is -2.43. The third-order valence-corrected chi connectivity index (χ3v) is 4.94. The van der Waals surface area contributed by atoms with Gasteiger partial charge in [0.25, 0.3) is 5.91 Å². The van der Waals surface area contributed by atoms with E-state index in [0.717, 1.165) is 43.0 Å². The van der Waals surface area contributed by atoms with Gasteiger partial charge in [-0.1, -0.05) is 0 Å². The van der Waals surface area contributed by atoms with E-state index in [1.807, 2.05) is 19.1 Å². The minimum Gasteiger partial charge on any atom is -0.369 e. The van der Waals surface area contributed by atoms with Gasteiger partial charge >= 0.3 is 0 Å². The van der Waals surface area contributed by atoms with Crippen molar-refractivity contribution >= 4 is 23.9 Å². The van der Waals surface area contributed by atoms with Crippen LogP contribution in [0, 0.1) is 0 Å². The third-order valence-electron chi connectivity index (χ3n) is 4.94. The zero-order valence-electron chi connectivity index (χ0n) is 14.5. The second-order valence-corrected chi connectivity index (χ2v) is 6.58. The normalized spacial score (nSPS) is 18.0. The number of hydrogen-bond acceptors (Lipinski definition) is 5. The molecule has 2 heterocycles. The summed E-state index contributed by atoms with van der Waals surface area (Å²) in [6.45, 7) is 6.40. The van der Waals surface area contributed by atoms with Crippen molar-refractivity contribution in [1.29, 1.82) is 0 Å². The Balaban J connectivity index is 1.65. The van der Waals surface area contributed by atoms with E-state index < -0.39 is 0 Å². The maximum absolute atomic E-state index is 12.6. The first-order valence-corrected chi connectivity index (χ1v) is 8.72. The van der Waals surface area contributed by atoms with E-state index in [1.54, 1.807) is 4.90 Å². The molecule has 3 amide bonds. The second-order valence-electron chi connectivity index (χ2n) is 6.58. The molecule has 1 saturated heterocycles. The Hall–Kier alpha value is -2.41. The van der Waals surface area contributed by atoms with Crippen LogP contribution in [-0.4, -0.2) is 55.3 Å². The van der Waals surface area contributed by atoms with Crippen LogP contribution in [0.25, 0.3) is 0 Å². The van der Waals surface area contributed by atoms with Gasteiger partial charge in [-0.2, -0.15) is 0 Å². The molecule has 134 valence electrons. The topological polar surface area (TPSA) is 81.8 Å². The molecule has 3 rings (SSSR count). The highest BCUT2D eigenvalue weighted by atomic mass is 16.2. The monoisotopic (exact) mass is 344 g/mol. The Morgan fingerprint density at radius 3 is 2.84 bits per heavy atom. The molecule has 2 aliphatic heterocycles. The molecule has 0 spiro atoms. The summed E-state index contributed by atoms with van der Waals surface area (Å²) in [5, 5.41) is 5.47. The number of amides is 3. The number of carbonyl (C=O) groups is 3. The largest absolute Gasteiger partial charge is 0.369 e. The van der Waals surface area contributed by atoms with Gasteiger partial charge in [-0.15, -0.1) is 0 Å². The molecule has 1 aromatic rings. The molecule has 0 bridgehead atoms. The number of fused-ring (bicyclic) bond motifs is 1. The van der Waals surface area contributed by atoms with E-state index in [-0.39, 0.29) is 24.3 Å². The fraction of sp³-hybridized carbons (Fsp3) is 0.500. The Morgan fingerprint density at radius 2 is 2.12 bits per heavy atom. The highest BCUT2D eigenvalue weighted by Crippen LogP contribution is 2.29. The number of nitrogens with zero attached hydrogens (tertiary/aromatic N) is 2. The summed E-state index contributed by atoms with van der Waals surface area (Å²) in [5.74, 6) is -0.294. The van der Waals surface area contributed by atoms with Crippen molar-refractivity contribution in [2.24, 2.45) is 0 Å². The minimum absolute atomic E-state index is 0.0187. The molecule has 0 saturated carbocycles. The Bertz CT molecular complexity index is 670. The lowest BCUT2D eigenvalue weighted by atomic mass is 10.1. The van der Waals surface area contributed by atoms with Crippen LogP contribution in [0.2, 0.25) is 0 Å². The summed E-state index contributed by atoms with van der Waals surface area (Å²) >= 11 is 0. The molecule has 7 heteroatoms. The summed E-state index contributed by atoms with van der Waals surface area (Å²) in [5.41, 5.74) is 2.96. The van der Waals surface area contributed by atoms with Gasteiger partial charge in [0.05, 0.1) is 0 Å². The molecule has 1 unspecified atom stereocenters. The molecule has 1 aromatic carbocycles. The van der Waals surface area contributed by atoms with Crippen LogP contribution >= 0.6 is 0 Å². The Morgan fingerprint density at radius 1 is 1.36 bits per heavy atom. The number of imide groups is 1. The quantitative estimate of drug-likeness (QED) is 0.734. The standard InChI is InChI=1S/C18H24N4O3/c1-13(2-5-17(24)20-12-23)22-11-14-10-15(3-4-16(14)18(22)25)21-8-6-19-7-9-21/h3-4,10,12-13,19H,2,5-9,11H2,1H3,(H,20,23,24). The number of benzene rings is 1. The van der Waals surface area contributed by atoms with Crippen molar-refractivity contribution in [3.63, 3.8) is 0 Å². The van der Waals surface area contributed by atoms with Crippen LogP contribution in [0.3, 0.4) is 0 Å². The zero-order valence-corrected chi connectivity index (χ0v) is 14.5. The lowest BCUT2D eigenvalue weighted by molar-refractivity contribution is -0.125. The fourth-order valence-electron chi connectivity index (χ4n) is 3.44. The predicted octanol–water partition coefficient (Wildman–Crippen LogP) is 0.493. The second kappa shape index (κ2) is 7.65. The van der Waals surface area contributed by atoms with Crippen LogP contribution in [0.1, 0.15) is 35.7 Å². The smallest absolute Gasteiger partial charge is 0.254 e. The summed E-state index contributed by atoms with van der Waals surface area (Å²) in [6.07, 6.45) is 1.15. The van der Waals surface area contributed by atoms with E-state index in [0.29, 0.717) is 19.4 Å². The average molecular weight is 344 g/mol. The van der Waals surface area contributed by atoms with Crippen molar-refractivity contribution in [3.05, 3.63) is 29.3 Å². The molecule has 7 nitrogen and oxygen atoms in total. The van der Waals surface area contributed by atoms with E-state index in [1.165, 1.54) is 0 Å². The number of piperazine rings is 1. The molecule has 1 atom stereocenters. The molecular weight excluding hydrogens is 320 g/mol. The number of carbonyl (C=O) groups excluding carboxylic acids is 3. The van der Waals surface area contributed by atoms with Crippen LogP contribution in [0.4, 0.5) is 5.69 Å². The van der Waals surface area contributed by atoms with Gasteiger partial charge < -0.3 is 15.1 Å². The predicted molar refractivity (Wildman–Crippen MR) is 94.3 cm³/mol. The van der Waals surface area contributed by atoms with Gasteiger partial charge in [-0.05, 0) is 37.1 Å². The average Bonchev–Trinajstić information content (AvgIpc) is 2.97. The van der Waals surface area contributed by atoms with Gasteiger partial charge in [0.2, 0.25) is 12.3 Å². The van der Waals surface area contributed by atoms with Crippen molar-refractivity contribution in [2.45, 2.75) is 32.4 Å². The molecule has 1 fully saturated rings. The maximum Gasteiger partial charge on any atom is 0.254 e. The van der Waals surface area contributed by atoms with E-state index in [2.05, 4.69) is 21.6 Å². The Labute approximate surface area is 147 Å². The van der Waals surface area contributed by atoms with Crippen molar-refractivity contribution < 1.29 is 14.4 Å². The highest BCUT2D eigenvalue weighted by Gasteiger charge is 2.31. The van der Waals surface area contributed by atoms with Gasteiger partial charge in [0.15, 0.2) is 0 Å². The summed E-state index contributed by atoms with van der Waals surface area (Å²) in [7, 11) is 0. The zero-order chi connectivity index (χ0) is 17.8. The molecule has 25 heavy (non-hydrogen) atoms. The van der Waals surface area contributed by atoms with Gasteiger partial charge in [0, 0.05) is 56.4 Å². The number of nitrogens with one attached hydrogen (secondary N) is 2. The number of anilines is 1. The molecular formula is C18H24N4O3. The third kappa shape index (κ3) is 3.82. The maximum atomic E-state index is 12.6. The van der Waals surface area contributed by atoms with Crippen LogP contribution in [0.15, 0.2) is 18.2 Å². The molecule has 0 aromatic heterocycles.